The van der Waals surface area contributed by atoms with Crippen molar-refractivity contribution in [2.45, 2.75) is 33.6 Å². The maximum absolute atomic E-state index is 11.7. The van der Waals surface area contributed by atoms with Crippen molar-refractivity contribution in [3.05, 3.63) is 29.3 Å². The lowest BCUT2D eigenvalue weighted by Crippen LogP contribution is -2.34. The van der Waals surface area contributed by atoms with Crippen molar-refractivity contribution in [1.82, 2.24) is 5.32 Å². The van der Waals surface area contributed by atoms with E-state index >= 15 is 0 Å². The minimum atomic E-state index is -0.388. The molecule has 0 atom stereocenters. The van der Waals surface area contributed by atoms with Crippen molar-refractivity contribution in [3.63, 3.8) is 0 Å². The summed E-state index contributed by atoms with van der Waals surface area (Å²) in [5.41, 5.74) is 2.96. The van der Waals surface area contributed by atoms with Crippen LogP contribution in [0.2, 0.25) is 0 Å². The van der Waals surface area contributed by atoms with Crippen LogP contribution in [-0.4, -0.2) is 23.6 Å². The van der Waals surface area contributed by atoms with E-state index in [1.807, 2.05) is 32.0 Å². The van der Waals surface area contributed by atoms with Crippen LogP contribution in [0.4, 0.5) is 5.69 Å². The minimum Gasteiger partial charge on any atom is -0.466 e. The number of benzene rings is 1. The van der Waals surface area contributed by atoms with E-state index in [9.17, 15) is 9.59 Å². The molecule has 114 valence electrons. The Hall–Kier alpha value is -1.95. The number of ether oxygens (including phenoxy) is 1. The summed E-state index contributed by atoms with van der Waals surface area (Å²) in [6, 6.07) is 5.87. The average Bonchev–Trinajstić information content (AvgIpc) is 2.41. The Morgan fingerprint density at radius 2 is 1.81 bits per heavy atom. The zero-order chi connectivity index (χ0) is 15.8. The van der Waals surface area contributed by atoms with Crippen LogP contribution < -0.4 is 10.6 Å². The van der Waals surface area contributed by atoms with Gasteiger partial charge < -0.3 is 15.4 Å². The van der Waals surface area contributed by atoms with Crippen molar-refractivity contribution < 1.29 is 14.3 Å². The smallest absolute Gasteiger partial charge is 0.306 e. The second-order valence-electron chi connectivity index (χ2n) is 4.57. The van der Waals surface area contributed by atoms with E-state index in [0.29, 0.717) is 6.61 Å². The van der Waals surface area contributed by atoms with Gasteiger partial charge in [0.2, 0.25) is 5.91 Å². The molecular formula is C15H20N2O3S. The lowest BCUT2D eigenvalue weighted by molar-refractivity contribution is -0.144. The number of aryl methyl sites for hydroxylation is 2. The first kappa shape index (κ1) is 17.1. The lowest BCUT2D eigenvalue weighted by atomic mass is 10.1. The zero-order valence-electron chi connectivity index (χ0n) is 12.5. The fourth-order valence-corrected chi connectivity index (χ4v) is 2.01. The van der Waals surface area contributed by atoms with Crippen LogP contribution in [0, 0.1) is 13.8 Å². The van der Waals surface area contributed by atoms with Crippen molar-refractivity contribution >= 4 is 34.9 Å². The van der Waals surface area contributed by atoms with Gasteiger partial charge in [-0.05, 0) is 44.1 Å². The van der Waals surface area contributed by atoms with E-state index in [0.717, 1.165) is 16.8 Å². The molecule has 0 fully saturated rings. The van der Waals surface area contributed by atoms with E-state index in [-0.39, 0.29) is 29.8 Å². The van der Waals surface area contributed by atoms with E-state index in [1.54, 1.807) is 6.92 Å². The summed E-state index contributed by atoms with van der Waals surface area (Å²) in [4.78, 5) is 22.8. The topological polar surface area (TPSA) is 67.4 Å². The Bertz CT molecular complexity index is 523. The van der Waals surface area contributed by atoms with E-state index in [1.165, 1.54) is 0 Å². The molecule has 0 aliphatic rings. The van der Waals surface area contributed by atoms with Crippen LogP contribution >= 0.6 is 12.2 Å². The number of nitrogens with one attached hydrogen (secondary N) is 2. The molecule has 0 aromatic heterocycles. The van der Waals surface area contributed by atoms with Crippen LogP contribution in [0.3, 0.4) is 0 Å². The third kappa shape index (κ3) is 5.91. The summed E-state index contributed by atoms with van der Waals surface area (Å²) < 4.78 is 4.76. The van der Waals surface area contributed by atoms with E-state index in [2.05, 4.69) is 10.6 Å². The minimum absolute atomic E-state index is 0.0473. The number of carbonyl (C=O) groups excluding carboxylic acids is 2. The van der Waals surface area contributed by atoms with Crippen LogP contribution in [0.5, 0.6) is 0 Å². The molecular weight excluding hydrogens is 288 g/mol. The molecule has 0 spiro atoms. The van der Waals surface area contributed by atoms with Gasteiger partial charge in [-0.3, -0.25) is 9.59 Å². The van der Waals surface area contributed by atoms with Crippen molar-refractivity contribution in [2.24, 2.45) is 0 Å². The van der Waals surface area contributed by atoms with Gasteiger partial charge in [0, 0.05) is 12.1 Å². The highest BCUT2D eigenvalue weighted by atomic mass is 32.1. The Kier molecular flexibility index (Phi) is 6.81. The highest BCUT2D eigenvalue weighted by molar-refractivity contribution is 7.80. The number of amides is 1. The summed E-state index contributed by atoms with van der Waals surface area (Å²) in [6.45, 7) is 5.95. The predicted octanol–water partition coefficient (Wildman–Crippen LogP) is 2.46. The van der Waals surface area contributed by atoms with Gasteiger partial charge in [-0.2, -0.15) is 0 Å². The number of rotatable bonds is 5. The molecule has 2 N–H and O–H groups in total. The lowest BCUT2D eigenvalue weighted by Gasteiger charge is -2.14. The third-order valence-electron chi connectivity index (χ3n) is 2.83. The molecule has 1 aromatic carbocycles. The zero-order valence-corrected chi connectivity index (χ0v) is 13.3. The first-order valence-electron chi connectivity index (χ1n) is 6.76. The second kappa shape index (κ2) is 8.36. The number of thiocarbonyl (C=S) groups is 1. The van der Waals surface area contributed by atoms with Crippen LogP contribution in [-0.2, 0) is 14.3 Å². The molecule has 0 saturated carbocycles. The molecule has 0 bridgehead atoms. The first-order valence-corrected chi connectivity index (χ1v) is 7.17. The van der Waals surface area contributed by atoms with E-state index in [4.69, 9.17) is 17.0 Å². The number of anilines is 1. The van der Waals surface area contributed by atoms with Gasteiger partial charge in [-0.1, -0.05) is 18.2 Å². The number of para-hydroxylation sites is 1. The summed E-state index contributed by atoms with van der Waals surface area (Å²) in [7, 11) is 0. The summed E-state index contributed by atoms with van der Waals surface area (Å²) in [5.74, 6) is -0.701. The van der Waals surface area contributed by atoms with Gasteiger partial charge in [0.15, 0.2) is 5.11 Å². The van der Waals surface area contributed by atoms with Crippen LogP contribution in [0.25, 0.3) is 0 Å². The fraction of sp³-hybridized carbons (Fsp3) is 0.400. The molecule has 1 aromatic rings. The Morgan fingerprint density at radius 1 is 1.19 bits per heavy atom. The molecule has 0 aliphatic heterocycles. The number of carbonyl (C=O) groups is 2. The highest BCUT2D eigenvalue weighted by Gasteiger charge is 2.10. The first-order chi connectivity index (χ1) is 9.93. The van der Waals surface area contributed by atoms with Gasteiger partial charge in [0.1, 0.15) is 0 Å². The SMILES string of the molecule is CCOC(=O)CCC(=O)NC(=S)Nc1c(C)cccc1C. The van der Waals surface area contributed by atoms with E-state index < -0.39 is 0 Å². The van der Waals surface area contributed by atoms with Gasteiger partial charge in [-0.15, -0.1) is 0 Å². The number of esters is 1. The van der Waals surface area contributed by atoms with Gasteiger partial charge >= 0.3 is 5.97 Å². The largest absolute Gasteiger partial charge is 0.466 e. The molecule has 1 rings (SSSR count). The standard InChI is InChI=1S/C15H20N2O3S/c1-4-20-13(19)9-8-12(18)16-15(21)17-14-10(2)6-5-7-11(14)3/h5-7H,4,8-9H2,1-3H3,(H2,16,17,18,21). The van der Waals surface area contributed by atoms with Crippen LogP contribution in [0.15, 0.2) is 18.2 Å². The Labute approximate surface area is 130 Å². The maximum atomic E-state index is 11.7. The van der Waals surface area contributed by atoms with Gasteiger partial charge in [0.05, 0.1) is 13.0 Å². The molecule has 5 nitrogen and oxygen atoms in total. The molecule has 0 heterocycles. The molecule has 0 radical (unpaired) electrons. The third-order valence-corrected chi connectivity index (χ3v) is 3.04. The predicted molar refractivity (Wildman–Crippen MR) is 86.1 cm³/mol. The normalized spacial score (nSPS) is 9.86. The highest BCUT2D eigenvalue weighted by Crippen LogP contribution is 2.19. The second-order valence-corrected chi connectivity index (χ2v) is 4.98. The Morgan fingerprint density at radius 3 is 2.38 bits per heavy atom. The molecule has 1 amide bonds. The van der Waals surface area contributed by atoms with Crippen molar-refractivity contribution in [1.29, 1.82) is 0 Å². The number of hydrogen-bond acceptors (Lipinski definition) is 4. The van der Waals surface area contributed by atoms with Crippen LogP contribution in [0.1, 0.15) is 30.9 Å². The molecule has 6 heteroatoms. The molecule has 0 unspecified atom stereocenters. The molecule has 21 heavy (non-hydrogen) atoms. The summed E-state index contributed by atoms with van der Waals surface area (Å²) >= 11 is 5.10. The molecule has 0 saturated heterocycles. The van der Waals surface area contributed by atoms with Gasteiger partial charge in [-0.25, -0.2) is 0 Å². The summed E-state index contributed by atoms with van der Waals surface area (Å²) in [5, 5.41) is 5.78. The molecule has 0 aliphatic carbocycles. The fourth-order valence-electron chi connectivity index (χ4n) is 1.79. The Balaban J connectivity index is 2.47. The maximum Gasteiger partial charge on any atom is 0.306 e. The number of hydrogen-bond donors (Lipinski definition) is 2. The average molecular weight is 308 g/mol. The quantitative estimate of drug-likeness (QED) is 0.646. The van der Waals surface area contributed by atoms with Crippen molar-refractivity contribution in [2.75, 3.05) is 11.9 Å². The monoisotopic (exact) mass is 308 g/mol. The summed E-state index contributed by atoms with van der Waals surface area (Å²) in [6.07, 6.45) is 0.0963. The van der Waals surface area contributed by atoms with Crippen molar-refractivity contribution in [3.8, 4) is 0 Å². The van der Waals surface area contributed by atoms with Gasteiger partial charge in [0.25, 0.3) is 0 Å².